The molecule has 1 N–H and O–H groups in total. The zero-order valence-corrected chi connectivity index (χ0v) is 15.4. The Morgan fingerprint density at radius 2 is 1.28 bits per heavy atom. The van der Waals surface area contributed by atoms with Crippen molar-refractivity contribution in [2.24, 2.45) is 0 Å². The Labute approximate surface area is 149 Å². The van der Waals surface area contributed by atoms with Crippen molar-refractivity contribution < 1.29 is 14.6 Å². The predicted molar refractivity (Wildman–Crippen MR) is 98.9 cm³/mol. The van der Waals surface area contributed by atoms with Gasteiger partial charge in [-0.25, -0.2) is 4.79 Å². The van der Waals surface area contributed by atoms with E-state index in [1.54, 1.807) is 12.1 Å². The van der Waals surface area contributed by atoms with E-state index in [9.17, 15) is 9.90 Å². The van der Waals surface area contributed by atoms with E-state index in [2.05, 4.69) is 33.7 Å². The highest BCUT2D eigenvalue weighted by atomic mass is 16.5. The number of hydrogen-bond donors (Lipinski definition) is 1. The summed E-state index contributed by atoms with van der Waals surface area (Å²) < 4.78 is 4.92. The molecule has 0 bridgehead atoms. The van der Waals surface area contributed by atoms with Crippen LogP contribution in [-0.4, -0.2) is 94.4 Å². The summed E-state index contributed by atoms with van der Waals surface area (Å²) in [6.45, 7) is 7.07. The number of carbonyl (C=O) groups excluding carboxylic acids is 1. The molecule has 3 rings (SSSR count). The summed E-state index contributed by atoms with van der Waals surface area (Å²) in [6.07, 6.45) is 0. The molecule has 7 heteroatoms. The summed E-state index contributed by atoms with van der Waals surface area (Å²) >= 11 is 0. The Hall–Kier alpha value is -1.99. The fraction of sp³-hybridized carbons (Fsp3) is 0.611. The van der Waals surface area contributed by atoms with Gasteiger partial charge in [0.05, 0.1) is 24.0 Å². The maximum atomic E-state index is 12.1. The minimum Gasteiger partial charge on any atom is -0.504 e. The highest BCUT2D eigenvalue weighted by molar-refractivity contribution is 5.94. The first-order chi connectivity index (χ1) is 12.0. The monoisotopic (exact) mass is 348 g/mol. The van der Waals surface area contributed by atoms with Gasteiger partial charge in [-0.3, -0.25) is 0 Å². The van der Waals surface area contributed by atoms with Crippen molar-refractivity contribution >= 4 is 17.3 Å². The smallest absolute Gasteiger partial charge is 0.338 e. The number of likely N-dealkylation sites (N-methyl/N-ethyl adjacent to an activating group) is 2. The molecule has 1 aromatic carbocycles. The van der Waals surface area contributed by atoms with Gasteiger partial charge < -0.3 is 29.4 Å². The van der Waals surface area contributed by atoms with Crippen LogP contribution in [0, 0.1) is 0 Å². The highest BCUT2D eigenvalue weighted by Crippen LogP contribution is 2.39. The van der Waals surface area contributed by atoms with Gasteiger partial charge in [0.15, 0.2) is 5.75 Å². The number of nitrogens with zero attached hydrogens (tertiary/aromatic N) is 4. The highest BCUT2D eigenvalue weighted by Gasteiger charge is 2.25. The molecule has 2 fully saturated rings. The third kappa shape index (κ3) is 3.82. The number of carbonyl (C=O) groups is 1. The molecule has 2 aliphatic heterocycles. The number of phenols is 1. The molecule has 0 aromatic heterocycles. The second-order valence-electron chi connectivity index (χ2n) is 6.94. The van der Waals surface area contributed by atoms with Gasteiger partial charge in [0, 0.05) is 52.4 Å². The third-order valence-electron chi connectivity index (χ3n) is 5.18. The Balaban J connectivity index is 1.96. The zero-order valence-electron chi connectivity index (χ0n) is 15.4. The van der Waals surface area contributed by atoms with Crippen LogP contribution in [0.5, 0.6) is 5.75 Å². The summed E-state index contributed by atoms with van der Waals surface area (Å²) in [5.41, 5.74) is 1.94. The van der Waals surface area contributed by atoms with Gasteiger partial charge in [-0.15, -0.1) is 0 Å². The van der Waals surface area contributed by atoms with Crippen LogP contribution in [0.25, 0.3) is 0 Å². The van der Waals surface area contributed by atoms with Crippen LogP contribution in [0.1, 0.15) is 10.4 Å². The van der Waals surface area contributed by atoms with Gasteiger partial charge in [-0.05, 0) is 26.2 Å². The summed E-state index contributed by atoms with van der Waals surface area (Å²) in [7, 11) is 5.58. The first-order valence-electron chi connectivity index (χ1n) is 8.82. The lowest BCUT2D eigenvalue weighted by Gasteiger charge is -2.37. The van der Waals surface area contributed by atoms with Crippen LogP contribution in [0.4, 0.5) is 11.4 Å². The summed E-state index contributed by atoms with van der Waals surface area (Å²) in [4.78, 5) is 21.0. The van der Waals surface area contributed by atoms with Crippen molar-refractivity contribution in [3.8, 4) is 5.75 Å². The van der Waals surface area contributed by atoms with Crippen molar-refractivity contribution in [1.29, 1.82) is 0 Å². The van der Waals surface area contributed by atoms with Gasteiger partial charge in [-0.1, -0.05) is 0 Å². The van der Waals surface area contributed by atoms with Crippen molar-refractivity contribution in [1.82, 2.24) is 9.80 Å². The molecule has 0 saturated carbocycles. The maximum absolute atomic E-state index is 12.1. The van der Waals surface area contributed by atoms with E-state index >= 15 is 0 Å². The number of anilines is 2. The average molecular weight is 348 g/mol. The fourth-order valence-corrected chi connectivity index (χ4v) is 3.42. The molecule has 138 valence electrons. The second-order valence-corrected chi connectivity index (χ2v) is 6.94. The lowest BCUT2D eigenvalue weighted by Crippen LogP contribution is -2.45. The topological polar surface area (TPSA) is 59.5 Å². The molecule has 0 amide bonds. The van der Waals surface area contributed by atoms with Crippen LogP contribution in [0.2, 0.25) is 0 Å². The number of phenolic OH excluding ortho intramolecular Hbond substituents is 1. The average Bonchev–Trinajstić information content (AvgIpc) is 2.63. The van der Waals surface area contributed by atoms with Crippen LogP contribution in [-0.2, 0) is 4.74 Å². The molecule has 2 saturated heterocycles. The van der Waals surface area contributed by atoms with Crippen LogP contribution >= 0.6 is 0 Å². The lowest BCUT2D eigenvalue weighted by atomic mass is 10.1. The van der Waals surface area contributed by atoms with Crippen molar-refractivity contribution in [2.75, 3.05) is 83.4 Å². The number of methoxy groups -OCH3 is 1. The molecule has 0 radical (unpaired) electrons. The van der Waals surface area contributed by atoms with Crippen LogP contribution < -0.4 is 9.80 Å². The quantitative estimate of drug-likeness (QED) is 0.806. The standard InChI is InChI=1S/C18H28N4O3/c1-19-4-8-21(9-5-19)15-12-14(18(24)25-3)13-16(17(15)23)22-10-6-20(2)7-11-22/h12-13,23H,4-11H2,1-3H3. The van der Waals surface area contributed by atoms with Gasteiger partial charge >= 0.3 is 5.97 Å². The van der Waals surface area contributed by atoms with E-state index in [0.29, 0.717) is 5.56 Å². The Bertz CT molecular complexity index is 578. The SMILES string of the molecule is COC(=O)c1cc(N2CCN(C)CC2)c(O)c(N2CCN(C)CC2)c1. The number of piperazine rings is 2. The maximum Gasteiger partial charge on any atom is 0.338 e. The number of aromatic hydroxyl groups is 1. The molecule has 25 heavy (non-hydrogen) atoms. The first kappa shape index (κ1) is 17.8. The molecule has 0 aliphatic carbocycles. The van der Waals surface area contributed by atoms with Gasteiger partial charge in [0.1, 0.15) is 0 Å². The molecule has 0 atom stereocenters. The van der Waals surface area contributed by atoms with Crippen molar-refractivity contribution in [3.05, 3.63) is 17.7 Å². The van der Waals surface area contributed by atoms with E-state index in [0.717, 1.165) is 63.7 Å². The fourth-order valence-electron chi connectivity index (χ4n) is 3.42. The predicted octanol–water partition coefficient (Wildman–Crippen LogP) is 0.682. The van der Waals surface area contributed by atoms with E-state index in [1.165, 1.54) is 7.11 Å². The Kier molecular flexibility index (Phi) is 5.34. The molecular weight excluding hydrogens is 320 g/mol. The van der Waals surface area contributed by atoms with E-state index in [-0.39, 0.29) is 11.7 Å². The molecule has 0 spiro atoms. The number of esters is 1. The van der Waals surface area contributed by atoms with E-state index in [4.69, 9.17) is 4.74 Å². The summed E-state index contributed by atoms with van der Waals surface area (Å²) in [5, 5.41) is 10.9. The summed E-state index contributed by atoms with van der Waals surface area (Å²) in [5.74, 6) is -0.104. The second kappa shape index (κ2) is 7.49. The van der Waals surface area contributed by atoms with Gasteiger partial charge in [0.2, 0.25) is 0 Å². The minimum absolute atomic E-state index is 0.266. The number of benzene rings is 1. The molecule has 1 aromatic rings. The minimum atomic E-state index is -0.370. The van der Waals surface area contributed by atoms with E-state index in [1.807, 2.05) is 0 Å². The largest absolute Gasteiger partial charge is 0.504 e. The Morgan fingerprint density at radius 3 is 1.64 bits per heavy atom. The molecule has 2 aliphatic rings. The zero-order chi connectivity index (χ0) is 18.0. The molecule has 7 nitrogen and oxygen atoms in total. The van der Waals surface area contributed by atoms with Crippen molar-refractivity contribution in [3.63, 3.8) is 0 Å². The summed E-state index contributed by atoms with van der Waals surface area (Å²) in [6, 6.07) is 3.51. The lowest BCUT2D eigenvalue weighted by molar-refractivity contribution is 0.0601. The number of ether oxygens (including phenoxy) is 1. The Morgan fingerprint density at radius 1 is 0.880 bits per heavy atom. The van der Waals surface area contributed by atoms with Gasteiger partial charge in [0.25, 0.3) is 0 Å². The molecular formula is C18H28N4O3. The molecule has 0 unspecified atom stereocenters. The van der Waals surface area contributed by atoms with E-state index < -0.39 is 0 Å². The third-order valence-corrected chi connectivity index (χ3v) is 5.18. The van der Waals surface area contributed by atoms with Crippen molar-refractivity contribution in [2.45, 2.75) is 0 Å². The van der Waals surface area contributed by atoms with Gasteiger partial charge in [-0.2, -0.15) is 0 Å². The van der Waals surface area contributed by atoms with Crippen LogP contribution in [0.15, 0.2) is 12.1 Å². The normalized spacial score (nSPS) is 20.0. The number of hydrogen-bond acceptors (Lipinski definition) is 7. The first-order valence-corrected chi connectivity index (χ1v) is 8.82. The van der Waals surface area contributed by atoms with Crippen LogP contribution in [0.3, 0.4) is 0 Å². The number of rotatable bonds is 3. The molecule has 2 heterocycles.